The Morgan fingerprint density at radius 1 is 0.263 bits per heavy atom. The Morgan fingerprint density at radius 3 is 0.775 bits per heavy atom. The van der Waals surface area contributed by atoms with E-state index in [1.807, 2.05) is 0 Å². The molecule has 0 radical (unpaired) electrons. The second kappa shape index (κ2) is 67.8. The van der Waals surface area contributed by atoms with Gasteiger partial charge >= 0.3 is 17.9 Å². The molecule has 1 atom stereocenters. The maximum Gasteiger partial charge on any atom is 0.306 e. The highest BCUT2D eigenvalue weighted by Gasteiger charge is 2.19. The van der Waals surface area contributed by atoms with Crippen LogP contribution in [0, 0.1) is 0 Å². The molecule has 0 N–H and O–H groups in total. The van der Waals surface area contributed by atoms with Crippen molar-refractivity contribution in [3.63, 3.8) is 0 Å². The summed E-state index contributed by atoms with van der Waals surface area (Å²) in [6.07, 6.45) is 91.6. The second-order valence-corrected chi connectivity index (χ2v) is 22.7. The summed E-state index contributed by atoms with van der Waals surface area (Å²) in [4.78, 5) is 38.3. The standard InChI is InChI=1S/C74H128O6/c1-4-7-10-13-16-19-22-25-28-29-30-31-32-33-34-35-36-37-38-39-40-41-42-43-44-45-47-49-52-55-58-61-64-67-73(76)79-70-71(69-78-72(75)66-63-60-57-54-51-48-27-24-21-18-15-12-9-6-3)80-74(77)68-65-62-59-56-53-50-46-26-23-20-17-14-11-8-5-2/h7-8,10-11,16-17,19-20,24-28,30-31,46,71H,4-6,9,12-15,18,21-23,29,32-45,47-70H2,1-3H3/b10-7-,11-8-,19-16-,20-17-,27-24-,28-25-,31-30-,46-26-. The third kappa shape index (κ3) is 65.1. The van der Waals surface area contributed by atoms with Crippen molar-refractivity contribution in [2.24, 2.45) is 0 Å². The molecule has 0 saturated carbocycles. The SMILES string of the molecule is CC/C=C\C/C=C\C/C=C\C/C=C\CCCCCCCCCCCCCCCCCCCCCCC(=O)OCC(COC(=O)CCCCCCC/C=C\CCCCCCC)OC(=O)CCCCCCC/C=C\C/C=C\C/C=C\CC. The van der Waals surface area contributed by atoms with Crippen molar-refractivity contribution in [3.05, 3.63) is 97.2 Å². The summed E-state index contributed by atoms with van der Waals surface area (Å²) < 4.78 is 16.9. The number of unbranched alkanes of at least 4 members (excludes halogenated alkanes) is 35. The largest absolute Gasteiger partial charge is 0.462 e. The number of carbonyl (C=O) groups is 3. The van der Waals surface area contributed by atoms with Gasteiger partial charge in [0.25, 0.3) is 0 Å². The lowest BCUT2D eigenvalue weighted by Crippen LogP contribution is -2.30. The van der Waals surface area contributed by atoms with Crippen LogP contribution in [0.3, 0.4) is 0 Å². The van der Waals surface area contributed by atoms with Crippen molar-refractivity contribution in [2.45, 2.75) is 341 Å². The number of hydrogen-bond acceptors (Lipinski definition) is 6. The molecule has 0 aromatic heterocycles. The van der Waals surface area contributed by atoms with Gasteiger partial charge in [0.1, 0.15) is 13.2 Å². The maximum absolute atomic E-state index is 12.9. The Kier molecular flexibility index (Phi) is 64.7. The highest BCUT2D eigenvalue weighted by molar-refractivity contribution is 5.71. The molecule has 6 heteroatoms. The zero-order valence-corrected chi connectivity index (χ0v) is 52.8. The van der Waals surface area contributed by atoms with Gasteiger partial charge in [-0.25, -0.2) is 0 Å². The average molecular weight is 1110 g/mol. The molecule has 80 heavy (non-hydrogen) atoms. The van der Waals surface area contributed by atoms with E-state index in [9.17, 15) is 14.4 Å². The first kappa shape index (κ1) is 76.3. The summed E-state index contributed by atoms with van der Waals surface area (Å²) >= 11 is 0. The molecule has 0 aliphatic carbocycles. The van der Waals surface area contributed by atoms with Gasteiger partial charge in [-0.2, -0.15) is 0 Å². The quantitative estimate of drug-likeness (QED) is 0.0261. The third-order valence-electron chi connectivity index (χ3n) is 14.8. The molecule has 0 aliphatic heterocycles. The van der Waals surface area contributed by atoms with Crippen LogP contribution in [0.1, 0.15) is 335 Å². The molecule has 0 aliphatic rings. The normalized spacial score (nSPS) is 12.7. The highest BCUT2D eigenvalue weighted by Crippen LogP contribution is 2.17. The highest BCUT2D eigenvalue weighted by atomic mass is 16.6. The molecule has 0 heterocycles. The van der Waals surface area contributed by atoms with E-state index in [0.29, 0.717) is 19.3 Å². The first-order valence-corrected chi connectivity index (χ1v) is 34.2. The molecule has 0 bridgehead atoms. The fourth-order valence-electron chi connectivity index (χ4n) is 9.74. The summed E-state index contributed by atoms with van der Waals surface area (Å²) in [5, 5.41) is 0. The minimum atomic E-state index is -0.789. The Morgan fingerprint density at radius 2 is 0.487 bits per heavy atom. The average Bonchev–Trinajstić information content (AvgIpc) is 3.46. The summed E-state index contributed by atoms with van der Waals surface area (Å²) in [6.45, 7) is 6.42. The molecule has 0 spiro atoms. The van der Waals surface area contributed by atoms with Crippen molar-refractivity contribution < 1.29 is 28.6 Å². The molecule has 6 nitrogen and oxygen atoms in total. The van der Waals surface area contributed by atoms with Gasteiger partial charge in [0, 0.05) is 19.3 Å². The molecule has 0 aromatic rings. The third-order valence-corrected chi connectivity index (χ3v) is 14.8. The topological polar surface area (TPSA) is 78.9 Å². The number of ether oxygens (including phenoxy) is 3. The van der Waals surface area contributed by atoms with Gasteiger partial charge in [0.2, 0.25) is 0 Å². The maximum atomic E-state index is 12.9. The van der Waals surface area contributed by atoms with Crippen molar-refractivity contribution in [1.29, 1.82) is 0 Å². The minimum absolute atomic E-state index is 0.0837. The Labute approximate surface area is 496 Å². The van der Waals surface area contributed by atoms with Crippen LogP contribution in [0.15, 0.2) is 97.2 Å². The first-order chi connectivity index (χ1) is 39.5. The van der Waals surface area contributed by atoms with Gasteiger partial charge in [0.15, 0.2) is 6.10 Å². The fourth-order valence-corrected chi connectivity index (χ4v) is 9.74. The number of esters is 3. The van der Waals surface area contributed by atoms with E-state index >= 15 is 0 Å². The zero-order valence-electron chi connectivity index (χ0n) is 52.8. The minimum Gasteiger partial charge on any atom is -0.462 e. The zero-order chi connectivity index (χ0) is 57.8. The number of carbonyl (C=O) groups excluding carboxylic acids is 3. The predicted molar refractivity (Wildman–Crippen MR) is 348 cm³/mol. The number of rotatable bonds is 62. The van der Waals surface area contributed by atoms with Crippen molar-refractivity contribution in [2.75, 3.05) is 13.2 Å². The van der Waals surface area contributed by atoms with E-state index < -0.39 is 6.10 Å². The van der Waals surface area contributed by atoms with Crippen molar-refractivity contribution >= 4 is 17.9 Å². The van der Waals surface area contributed by atoms with Crippen LogP contribution in [0.2, 0.25) is 0 Å². The van der Waals surface area contributed by atoms with Gasteiger partial charge in [-0.3, -0.25) is 14.4 Å². The smallest absolute Gasteiger partial charge is 0.306 e. The molecule has 0 rings (SSSR count). The second-order valence-electron chi connectivity index (χ2n) is 22.7. The molecular formula is C74H128O6. The van der Waals surface area contributed by atoms with E-state index in [0.717, 1.165) is 128 Å². The van der Waals surface area contributed by atoms with Crippen LogP contribution in [-0.4, -0.2) is 37.2 Å². The Hall–Kier alpha value is -3.67. The van der Waals surface area contributed by atoms with Crippen LogP contribution >= 0.6 is 0 Å². The molecule has 0 amide bonds. The summed E-state index contributed by atoms with van der Waals surface area (Å²) in [5.74, 6) is -0.896. The van der Waals surface area contributed by atoms with E-state index in [2.05, 4.69) is 118 Å². The monoisotopic (exact) mass is 1110 g/mol. The van der Waals surface area contributed by atoms with Crippen LogP contribution in [-0.2, 0) is 28.6 Å². The van der Waals surface area contributed by atoms with Gasteiger partial charge in [-0.1, -0.05) is 298 Å². The van der Waals surface area contributed by atoms with E-state index in [1.165, 1.54) is 167 Å². The summed E-state index contributed by atoms with van der Waals surface area (Å²) in [5.41, 5.74) is 0. The van der Waals surface area contributed by atoms with E-state index in [4.69, 9.17) is 14.2 Å². The molecule has 0 saturated heterocycles. The van der Waals surface area contributed by atoms with Crippen molar-refractivity contribution in [1.82, 2.24) is 0 Å². The number of hydrogen-bond donors (Lipinski definition) is 0. The Balaban J connectivity index is 4.15. The van der Waals surface area contributed by atoms with Gasteiger partial charge in [-0.15, -0.1) is 0 Å². The Bertz CT molecular complexity index is 1560. The predicted octanol–water partition coefficient (Wildman–Crippen LogP) is 23.6. The molecule has 460 valence electrons. The van der Waals surface area contributed by atoms with Gasteiger partial charge < -0.3 is 14.2 Å². The van der Waals surface area contributed by atoms with E-state index in [-0.39, 0.29) is 31.1 Å². The number of allylic oxidation sites excluding steroid dienone is 16. The molecular weight excluding hydrogens is 985 g/mol. The van der Waals surface area contributed by atoms with Crippen LogP contribution in [0.4, 0.5) is 0 Å². The first-order valence-electron chi connectivity index (χ1n) is 34.2. The lowest BCUT2D eigenvalue weighted by molar-refractivity contribution is -0.167. The van der Waals surface area contributed by atoms with Crippen molar-refractivity contribution in [3.8, 4) is 0 Å². The van der Waals surface area contributed by atoms with Gasteiger partial charge in [0.05, 0.1) is 0 Å². The molecule has 0 fully saturated rings. The van der Waals surface area contributed by atoms with Crippen LogP contribution in [0.5, 0.6) is 0 Å². The molecule has 1 unspecified atom stereocenters. The molecule has 0 aromatic carbocycles. The fraction of sp³-hybridized carbons (Fsp3) is 0.743. The van der Waals surface area contributed by atoms with Crippen LogP contribution in [0.25, 0.3) is 0 Å². The lowest BCUT2D eigenvalue weighted by atomic mass is 10.0. The summed E-state index contributed by atoms with van der Waals surface area (Å²) in [7, 11) is 0. The van der Waals surface area contributed by atoms with E-state index in [1.54, 1.807) is 0 Å². The summed E-state index contributed by atoms with van der Waals surface area (Å²) in [6, 6.07) is 0. The van der Waals surface area contributed by atoms with Crippen LogP contribution < -0.4 is 0 Å². The van der Waals surface area contributed by atoms with Gasteiger partial charge in [-0.05, 0) is 116 Å². The lowest BCUT2D eigenvalue weighted by Gasteiger charge is -2.18.